The first-order valence-corrected chi connectivity index (χ1v) is 31.5. The second-order valence-corrected chi connectivity index (χ2v) is 22.7. The highest BCUT2D eigenvalue weighted by atomic mass is 16.5. The molecule has 0 radical (unpaired) electrons. The summed E-state index contributed by atoms with van der Waals surface area (Å²) >= 11 is 0. The third-order valence-electron chi connectivity index (χ3n) is 18.5. The molecule has 13 nitrogen and oxygen atoms in total. The van der Waals surface area contributed by atoms with Gasteiger partial charge in [0.2, 0.25) is 0 Å². The number of amides is 2. The van der Waals surface area contributed by atoms with Crippen molar-refractivity contribution in [2.75, 3.05) is 76.9 Å². The van der Waals surface area contributed by atoms with Crippen molar-refractivity contribution in [3.63, 3.8) is 0 Å². The summed E-state index contributed by atoms with van der Waals surface area (Å²) in [6.45, 7) is 24.0. The number of hydrazone groups is 2. The zero-order valence-electron chi connectivity index (χ0n) is 52.0. The van der Waals surface area contributed by atoms with Crippen molar-refractivity contribution in [1.29, 1.82) is 0 Å². The summed E-state index contributed by atoms with van der Waals surface area (Å²) in [7, 11) is 0. The quantitative estimate of drug-likeness (QED) is 0.0733. The minimum absolute atomic E-state index is 0.193. The molecular formula is C76H75N9O4. The Labute approximate surface area is 522 Å². The van der Waals surface area contributed by atoms with E-state index in [4.69, 9.17) is 19.7 Å². The van der Waals surface area contributed by atoms with Crippen molar-refractivity contribution < 1.29 is 19.1 Å². The van der Waals surface area contributed by atoms with E-state index in [-0.39, 0.29) is 11.8 Å². The number of benzene rings is 9. The number of para-hydroxylation sites is 1. The van der Waals surface area contributed by atoms with Crippen LogP contribution >= 0.6 is 0 Å². The Balaban J connectivity index is 0.847. The number of anilines is 7. The number of hydrogen-bond donors (Lipinski definition) is 0. The number of nitrogens with zero attached hydrogens (tertiary/aromatic N) is 9. The maximum absolute atomic E-state index is 15.1. The van der Waals surface area contributed by atoms with Crippen LogP contribution in [0.25, 0.3) is 0 Å². The number of ether oxygens (including phenoxy) is 2. The highest BCUT2D eigenvalue weighted by Crippen LogP contribution is 2.60. The largest absolute Gasteiger partial charge is 0.456 e. The number of carbonyl (C=O) groups is 2. The van der Waals surface area contributed by atoms with Crippen LogP contribution in [0.5, 0.6) is 23.0 Å². The Bertz CT molecular complexity index is 3810. The molecule has 0 saturated heterocycles. The van der Waals surface area contributed by atoms with Gasteiger partial charge < -0.3 is 34.0 Å². The lowest BCUT2D eigenvalue weighted by atomic mass is 9.75. The Morgan fingerprint density at radius 2 is 0.618 bits per heavy atom. The van der Waals surface area contributed by atoms with Gasteiger partial charge in [0.05, 0.1) is 12.4 Å². The summed E-state index contributed by atoms with van der Waals surface area (Å²) in [6, 6.07) is 68.0. The lowest BCUT2D eigenvalue weighted by Crippen LogP contribution is -2.44. The first kappa shape index (κ1) is 57.9. The molecule has 4 heterocycles. The van der Waals surface area contributed by atoms with Crippen LogP contribution in [0, 0.1) is 0 Å². The maximum atomic E-state index is 15.1. The minimum atomic E-state index is -1.12. The van der Waals surface area contributed by atoms with E-state index in [0.717, 1.165) is 137 Å². The molecule has 0 aliphatic carbocycles. The van der Waals surface area contributed by atoms with E-state index < -0.39 is 11.1 Å². The minimum Gasteiger partial charge on any atom is -0.456 e. The van der Waals surface area contributed by atoms with E-state index >= 15 is 9.59 Å². The van der Waals surface area contributed by atoms with Crippen LogP contribution in [0.3, 0.4) is 0 Å². The predicted molar refractivity (Wildman–Crippen MR) is 361 cm³/mol. The summed E-state index contributed by atoms with van der Waals surface area (Å²) < 4.78 is 13.9. The van der Waals surface area contributed by atoms with Crippen LogP contribution < -0.4 is 34.0 Å². The van der Waals surface area contributed by atoms with E-state index in [0.29, 0.717) is 34.1 Å². The molecular weight excluding hydrogens is 1100 g/mol. The monoisotopic (exact) mass is 1180 g/mol. The van der Waals surface area contributed by atoms with Gasteiger partial charge in [-0.05, 0) is 139 Å². The highest BCUT2D eigenvalue weighted by molar-refractivity contribution is 6.04. The second kappa shape index (κ2) is 23.9. The molecule has 0 unspecified atom stereocenters. The Morgan fingerprint density at radius 1 is 0.337 bits per heavy atom. The van der Waals surface area contributed by atoms with Crippen molar-refractivity contribution in [1.82, 2.24) is 10.0 Å². The number of rotatable bonds is 19. The predicted octanol–water partition coefficient (Wildman–Crippen LogP) is 16.3. The van der Waals surface area contributed by atoms with E-state index in [1.54, 1.807) is 22.4 Å². The average molecular weight is 1180 g/mol. The summed E-state index contributed by atoms with van der Waals surface area (Å²) in [5.74, 6) is 2.38. The van der Waals surface area contributed by atoms with Gasteiger partial charge in [-0.25, -0.2) is 10.0 Å². The number of hydrogen-bond acceptors (Lipinski definition) is 11. The fourth-order valence-electron chi connectivity index (χ4n) is 14.0. The van der Waals surface area contributed by atoms with Crippen molar-refractivity contribution in [2.45, 2.75) is 66.5 Å². The molecule has 4 aliphatic rings. The highest BCUT2D eigenvalue weighted by Gasteiger charge is 2.59. The number of carbonyl (C=O) groups excluding carboxylic acids is 2. The molecule has 0 aromatic heterocycles. The van der Waals surface area contributed by atoms with E-state index in [1.807, 2.05) is 78.9 Å². The standard InChI is InChI=1S/C76H75N9O4/c1-9-79(10-2)57-38-42-65-69(46-57)88-70-47-58(80(11-3)12-4)39-43-66(70)75(65)63-28-22-20-26-61(63)73(86)84(75)77-50-52-30-34-55(35-31-52)83(54-24-18-17-19-25-54)56-36-32-53(33-37-56)51-78-85-74(87)62-27-21-23-29-64(62)76(85)67-44-40-59(81(13-5)14-6)48-71(67)89-72-49-60(41-45-68(72)76)82(15-7)16-8/h17-51H,9-16H2,1-8H3/b77-50+,78-51+. The molecule has 89 heavy (non-hydrogen) atoms. The van der Waals surface area contributed by atoms with Crippen LogP contribution in [-0.4, -0.2) is 86.6 Å². The molecule has 0 N–H and O–H groups in total. The van der Waals surface area contributed by atoms with Gasteiger partial charge in [-0.3, -0.25) is 9.59 Å². The first-order valence-electron chi connectivity index (χ1n) is 31.5. The molecule has 4 aliphatic heterocycles. The first-order chi connectivity index (χ1) is 43.6. The lowest BCUT2D eigenvalue weighted by molar-refractivity contribution is 0.0667. The van der Waals surface area contributed by atoms with Gasteiger partial charge in [0, 0.05) is 161 Å². The summed E-state index contributed by atoms with van der Waals surface area (Å²) in [4.78, 5) is 41.6. The maximum Gasteiger partial charge on any atom is 0.275 e. The average Bonchev–Trinajstić information content (AvgIpc) is 1.64. The van der Waals surface area contributed by atoms with E-state index in [9.17, 15) is 0 Å². The lowest BCUT2D eigenvalue weighted by Gasteiger charge is -2.42. The van der Waals surface area contributed by atoms with Gasteiger partial charge >= 0.3 is 0 Å². The summed E-state index contributed by atoms with van der Waals surface area (Å²) in [5.41, 5.74) is 12.7. The van der Waals surface area contributed by atoms with Crippen molar-refractivity contribution in [2.24, 2.45) is 10.2 Å². The molecule has 0 bridgehead atoms. The molecule has 2 amide bonds. The van der Waals surface area contributed by atoms with Crippen molar-refractivity contribution >= 4 is 64.1 Å². The van der Waals surface area contributed by atoms with E-state index in [2.05, 4.69) is 201 Å². The molecule has 0 saturated carbocycles. The molecule has 13 heteroatoms. The molecule has 0 atom stereocenters. The Kier molecular flexibility index (Phi) is 15.5. The Morgan fingerprint density at radius 3 is 0.933 bits per heavy atom. The SMILES string of the molecule is CCN(CC)c1ccc2c(c1)Oc1cc(N(CC)CC)ccc1C21c2ccccc2C(=O)N1/N=C/c1ccc(N(c2ccccc2)c2ccc(/C=N/N3C(=O)c4ccccc4C34c3ccc(N(CC)CC)cc3Oc3cc(N(CC)CC)ccc34)cc2)cc1. The van der Waals surface area contributed by atoms with Gasteiger partial charge in [0.15, 0.2) is 0 Å². The van der Waals surface area contributed by atoms with Crippen LogP contribution in [0.1, 0.15) is 121 Å². The Hall–Kier alpha value is -10.1. The fraction of sp³-hybridized carbons (Fsp3) is 0.237. The smallest absolute Gasteiger partial charge is 0.275 e. The zero-order valence-corrected chi connectivity index (χ0v) is 52.0. The van der Waals surface area contributed by atoms with Crippen molar-refractivity contribution in [3.05, 3.63) is 256 Å². The molecule has 448 valence electrons. The van der Waals surface area contributed by atoms with Gasteiger partial charge in [-0.15, -0.1) is 0 Å². The van der Waals surface area contributed by atoms with Gasteiger partial charge in [-0.1, -0.05) is 103 Å². The fourth-order valence-corrected chi connectivity index (χ4v) is 14.0. The third kappa shape index (κ3) is 9.44. The van der Waals surface area contributed by atoms with Crippen LogP contribution in [0.4, 0.5) is 39.8 Å². The second-order valence-electron chi connectivity index (χ2n) is 22.7. The van der Waals surface area contributed by atoms with Gasteiger partial charge in [0.25, 0.3) is 11.8 Å². The third-order valence-corrected chi connectivity index (χ3v) is 18.5. The molecule has 9 aromatic rings. The zero-order chi connectivity index (χ0) is 61.6. The molecule has 13 rings (SSSR count). The van der Waals surface area contributed by atoms with Crippen molar-refractivity contribution in [3.8, 4) is 23.0 Å². The molecule has 9 aromatic carbocycles. The summed E-state index contributed by atoms with van der Waals surface area (Å²) in [6.07, 6.45) is 3.58. The summed E-state index contributed by atoms with van der Waals surface area (Å²) in [5, 5.41) is 13.8. The topological polar surface area (TPSA) is 100 Å². The van der Waals surface area contributed by atoms with Gasteiger partial charge in [-0.2, -0.15) is 10.2 Å². The van der Waals surface area contributed by atoms with E-state index in [1.165, 1.54) is 0 Å². The van der Waals surface area contributed by atoms with Crippen LogP contribution in [0.2, 0.25) is 0 Å². The molecule has 2 spiro atoms. The number of fused-ring (bicyclic) bond motifs is 12. The molecule has 0 fully saturated rings. The van der Waals surface area contributed by atoms with Gasteiger partial charge in [0.1, 0.15) is 34.1 Å². The normalized spacial score (nSPS) is 14.5. The van der Waals surface area contributed by atoms with Crippen LogP contribution in [-0.2, 0) is 11.1 Å². The van der Waals surface area contributed by atoms with Crippen LogP contribution in [0.15, 0.2) is 210 Å².